The van der Waals surface area contributed by atoms with E-state index in [9.17, 15) is 4.79 Å². The van der Waals surface area contributed by atoms with Crippen LogP contribution in [0, 0.1) is 0 Å². The zero-order valence-corrected chi connectivity index (χ0v) is 8.72. The molecule has 1 aromatic rings. The fourth-order valence-corrected chi connectivity index (χ4v) is 1.28. The van der Waals surface area contributed by atoms with Gasteiger partial charge in [-0.1, -0.05) is 35.3 Å². The third kappa shape index (κ3) is 3.40. The first-order valence-corrected chi connectivity index (χ1v) is 4.68. The highest BCUT2D eigenvalue weighted by atomic mass is 35.5. The summed E-state index contributed by atoms with van der Waals surface area (Å²) in [5.74, 6) is -0.954. The molecule has 2 nitrogen and oxygen atoms in total. The molecule has 1 rings (SSSR count). The van der Waals surface area contributed by atoms with E-state index in [1.54, 1.807) is 24.3 Å². The second-order valence-corrected chi connectivity index (χ2v) is 3.51. The van der Waals surface area contributed by atoms with Crippen molar-refractivity contribution in [3.05, 3.63) is 46.0 Å². The van der Waals surface area contributed by atoms with Crippen molar-refractivity contribution in [2.45, 2.75) is 6.42 Å². The van der Waals surface area contributed by atoms with Crippen LogP contribution < -0.4 is 0 Å². The Morgan fingerprint density at radius 3 is 2.64 bits per heavy atom. The molecule has 1 N–H and O–H groups in total. The molecule has 0 aromatic heterocycles. The minimum Gasteiger partial charge on any atom is -0.478 e. The molecule has 0 aliphatic heterocycles. The molecule has 74 valence electrons. The number of carboxylic acid groups (broad SMARTS) is 1. The van der Waals surface area contributed by atoms with Gasteiger partial charge in [0.25, 0.3) is 0 Å². The first-order chi connectivity index (χ1) is 6.59. The van der Waals surface area contributed by atoms with Gasteiger partial charge in [-0.2, -0.15) is 0 Å². The summed E-state index contributed by atoms with van der Waals surface area (Å²) < 4.78 is 0. The first kappa shape index (κ1) is 11.1. The lowest BCUT2D eigenvalue weighted by atomic mass is 10.1. The van der Waals surface area contributed by atoms with Crippen molar-refractivity contribution in [3.63, 3.8) is 0 Å². The maximum absolute atomic E-state index is 10.2. The van der Waals surface area contributed by atoms with Gasteiger partial charge >= 0.3 is 5.97 Å². The summed E-state index contributed by atoms with van der Waals surface area (Å²) in [5.41, 5.74) is 0.928. The van der Waals surface area contributed by atoms with Crippen LogP contribution in [0.1, 0.15) is 5.56 Å². The van der Waals surface area contributed by atoms with Gasteiger partial charge < -0.3 is 5.11 Å². The van der Waals surface area contributed by atoms with Gasteiger partial charge in [-0.05, 0) is 24.1 Å². The second kappa shape index (κ2) is 5.03. The molecule has 0 fully saturated rings. The Labute approximate surface area is 91.8 Å². The number of benzene rings is 1. The van der Waals surface area contributed by atoms with Crippen molar-refractivity contribution in [1.82, 2.24) is 0 Å². The standard InChI is InChI=1S/C10H8Cl2O2/c11-8-5-4-7(6-9(8)12)2-1-3-10(13)14/h1,3-6H,2H2,(H,13,14)/b3-1+. The van der Waals surface area contributed by atoms with Crippen LogP contribution in [0.15, 0.2) is 30.4 Å². The van der Waals surface area contributed by atoms with Gasteiger partial charge in [0.2, 0.25) is 0 Å². The summed E-state index contributed by atoms with van der Waals surface area (Å²) in [7, 11) is 0. The smallest absolute Gasteiger partial charge is 0.327 e. The maximum Gasteiger partial charge on any atom is 0.327 e. The second-order valence-electron chi connectivity index (χ2n) is 2.69. The number of hydrogen-bond acceptors (Lipinski definition) is 1. The van der Waals surface area contributed by atoms with Crippen LogP contribution in [-0.4, -0.2) is 11.1 Å². The van der Waals surface area contributed by atoms with Crippen LogP contribution in [0.3, 0.4) is 0 Å². The molecule has 0 unspecified atom stereocenters. The molecule has 0 atom stereocenters. The van der Waals surface area contributed by atoms with Crippen LogP contribution >= 0.6 is 23.2 Å². The molecule has 0 aliphatic carbocycles. The molecular weight excluding hydrogens is 223 g/mol. The zero-order valence-electron chi connectivity index (χ0n) is 7.21. The van der Waals surface area contributed by atoms with Crippen molar-refractivity contribution < 1.29 is 9.90 Å². The van der Waals surface area contributed by atoms with Gasteiger partial charge in [0.1, 0.15) is 0 Å². The van der Waals surface area contributed by atoms with E-state index in [0.717, 1.165) is 11.6 Å². The Morgan fingerprint density at radius 1 is 1.36 bits per heavy atom. The Morgan fingerprint density at radius 2 is 2.07 bits per heavy atom. The lowest BCUT2D eigenvalue weighted by Crippen LogP contribution is -1.87. The summed E-state index contributed by atoms with van der Waals surface area (Å²) in [4.78, 5) is 10.2. The number of rotatable bonds is 3. The van der Waals surface area contributed by atoms with Gasteiger partial charge in [-0.25, -0.2) is 4.79 Å². The van der Waals surface area contributed by atoms with Crippen LogP contribution in [0.2, 0.25) is 10.0 Å². The molecule has 1 aromatic carbocycles. The maximum atomic E-state index is 10.2. The summed E-state index contributed by atoms with van der Waals surface area (Å²) in [6.07, 6.45) is 3.19. The number of hydrogen-bond donors (Lipinski definition) is 1. The third-order valence-electron chi connectivity index (χ3n) is 1.60. The minimum absolute atomic E-state index is 0.480. The van der Waals surface area contributed by atoms with Gasteiger partial charge in [-0.15, -0.1) is 0 Å². The predicted molar refractivity (Wildman–Crippen MR) is 56.9 cm³/mol. The average Bonchev–Trinajstić information content (AvgIpc) is 2.10. The summed E-state index contributed by atoms with van der Waals surface area (Å²) in [5, 5.41) is 9.33. The van der Waals surface area contributed by atoms with E-state index in [2.05, 4.69) is 0 Å². The van der Waals surface area contributed by atoms with E-state index in [1.807, 2.05) is 0 Å². The predicted octanol–water partition coefficient (Wildman–Crippen LogP) is 3.18. The minimum atomic E-state index is -0.954. The van der Waals surface area contributed by atoms with Crippen LogP contribution in [0.25, 0.3) is 0 Å². The molecule has 0 aliphatic rings. The largest absolute Gasteiger partial charge is 0.478 e. The van der Waals surface area contributed by atoms with Crippen LogP contribution in [0.5, 0.6) is 0 Å². The van der Waals surface area contributed by atoms with E-state index in [1.165, 1.54) is 0 Å². The molecule has 0 bridgehead atoms. The molecule has 0 radical (unpaired) electrons. The SMILES string of the molecule is O=C(O)/C=C/Cc1ccc(Cl)c(Cl)c1. The van der Waals surface area contributed by atoms with Crippen molar-refractivity contribution in [2.24, 2.45) is 0 Å². The fourth-order valence-electron chi connectivity index (χ4n) is 0.962. The molecule has 0 saturated heterocycles. The van der Waals surface area contributed by atoms with E-state index < -0.39 is 5.97 Å². The van der Waals surface area contributed by atoms with E-state index >= 15 is 0 Å². The molecule has 0 spiro atoms. The third-order valence-corrected chi connectivity index (χ3v) is 2.34. The number of aliphatic carboxylic acids is 1. The van der Waals surface area contributed by atoms with Crippen LogP contribution in [0.4, 0.5) is 0 Å². The average molecular weight is 231 g/mol. The van der Waals surface area contributed by atoms with Crippen molar-refractivity contribution in [3.8, 4) is 0 Å². The monoisotopic (exact) mass is 230 g/mol. The van der Waals surface area contributed by atoms with E-state index in [0.29, 0.717) is 16.5 Å². The normalized spacial score (nSPS) is 10.7. The van der Waals surface area contributed by atoms with Crippen LogP contribution in [-0.2, 0) is 11.2 Å². The van der Waals surface area contributed by atoms with Crippen molar-refractivity contribution in [1.29, 1.82) is 0 Å². The lowest BCUT2D eigenvalue weighted by molar-refractivity contribution is -0.131. The molecule has 0 amide bonds. The van der Waals surface area contributed by atoms with Gasteiger partial charge in [0, 0.05) is 6.08 Å². The Hall–Kier alpha value is -0.990. The lowest BCUT2D eigenvalue weighted by Gasteiger charge is -1.98. The Balaban J connectivity index is 2.69. The van der Waals surface area contributed by atoms with E-state index in [4.69, 9.17) is 28.3 Å². The van der Waals surface area contributed by atoms with E-state index in [-0.39, 0.29) is 0 Å². The Kier molecular flexibility index (Phi) is 3.98. The zero-order chi connectivity index (χ0) is 10.6. The quantitative estimate of drug-likeness (QED) is 0.811. The number of carboxylic acids is 1. The molecule has 4 heteroatoms. The number of allylic oxidation sites excluding steroid dienone is 1. The van der Waals surface area contributed by atoms with Crippen molar-refractivity contribution >= 4 is 29.2 Å². The molecule has 0 saturated carbocycles. The van der Waals surface area contributed by atoms with Gasteiger partial charge in [-0.3, -0.25) is 0 Å². The highest BCUT2D eigenvalue weighted by Gasteiger charge is 1.97. The number of halogens is 2. The van der Waals surface area contributed by atoms with Crippen molar-refractivity contribution in [2.75, 3.05) is 0 Å². The van der Waals surface area contributed by atoms with Gasteiger partial charge in [0.05, 0.1) is 10.0 Å². The molecule has 0 heterocycles. The number of carbonyl (C=O) groups is 1. The molecular formula is C10H8Cl2O2. The fraction of sp³-hybridized carbons (Fsp3) is 0.100. The summed E-state index contributed by atoms with van der Waals surface area (Å²) >= 11 is 11.5. The summed E-state index contributed by atoms with van der Waals surface area (Å²) in [6, 6.07) is 5.21. The highest BCUT2D eigenvalue weighted by Crippen LogP contribution is 2.22. The topological polar surface area (TPSA) is 37.3 Å². The summed E-state index contributed by atoms with van der Waals surface area (Å²) in [6.45, 7) is 0. The first-order valence-electron chi connectivity index (χ1n) is 3.93. The Bertz CT molecular complexity index is 372. The molecule has 14 heavy (non-hydrogen) atoms. The highest BCUT2D eigenvalue weighted by molar-refractivity contribution is 6.42. The van der Waals surface area contributed by atoms with Gasteiger partial charge in [0.15, 0.2) is 0 Å².